The monoisotopic (exact) mass is 383 g/mol. The molecular formula is C21H25N3O2S. The molecule has 0 spiro atoms. The number of carbonyl (C=O) groups is 1. The molecule has 2 heterocycles. The number of benzene rings is 1. The lowest BCUT2D eigenvalue weighted by Gasteiger charge is -2.14. The minimum Gasteiger partial charge on any atom is -0.489 e. The van der Waals surface area contributed by atoms with Crippen LogP contribution in [0, 0.1) is 13.8 Å². The quantitative estimate of drug-likeness (QED) is 0.646. The van der Waals surface area contributed by atoms with Crippen molar-refractivity contribution < 1.29 is 9.53 Å². The van der Waals surface area contributed by atoms with Crippen molar-refractivity contribution in [2.75, 3.05) is 0 Å². The van der Waals surface area contributed by atoms with E-state index in [4.69, 9.17) is 4.74 Å². The zero-order valence-corrected chi connectivity index (χ0v) is 17.0. The fourth-order valence-electron chi connectivity index (χ4n) is 3.07. The van der Waals surface area contributed by atoms with Crippen LogP contribution in [-0.2, 0) is 13.2 Å². The van der Waals surface area contributed by atoms with Crippen molar-refractivity contribution in [1.29, 1.82) is 0 Å². The summed E-state index contributed by atoms with van der Waals surface area (Å²) in [6.07, 6.45) is 1.76. The van der Waals surface area contributed by atoms with Crippen molar-refractivity contribution in [3.05, 3.63) is 69.2 Å². The topological polar surface area (TPSA) is 56.2 Å². The van der Waals surface area contributed by atoms with E-state index in [-0.39, 0.29) is 11.9 Å². The first-order valence-electron chi connectivity index (χ1n) is 9.07. The highest BCUT2D eigenvalue weighted by Crippen LogP contribution is 2.21. The molecule has 1 unspecified atom stereocenters. The molecular weight excluding hydrogens is 358 g/mol. The second-order valence-electron chi connectivity index (χ2n) is 6.70. The van der Waals surface area contributed by atoms with Gasteiger partial charge in [-0.2, -0.15) is 5.10 Å². The van der Waals surface area contributed by atoms with Gasteiger partial charge in [0.1, 0.15) is 12.4 Å². The summed E-state index contributed by atoms with van der Waals surface area (Å²) in [6, 6.07) is 9.89. The predicted molar refractivity (Wildman–Crippen MR) is 108 cm³/mol. The van der Waals surface area contributed by atoms with Gasteiger partial charge >= 0.3 is 0 Å². The van der Waals surface area contributed by atoms with Crippen LogP contribution in [0.15, 0.2) is 41.9 Å². The summed E-state index contributed by atoms with van der Waals surface area (Å²) in [4.78, 5) is 13.2. The molecule has 1 aromatic carbocycles. The van der Waals surface area contributed by atoms with Crippen LogP contribution in [0.4, 0.5) is 0 Å². The maximum atomic E-state index is 12.6. The number of aryl methyl sites for hydroxylation is 3. The molecule has 2 aromatic heterocycles. The number of amides is 1. The molecule has 0 radical (unpaired) electrons. The van der Waals surface area contributed by atoms with Gasteiger partial charge in [0.25, 0.3) is 5.91 Å². The molecule has 27 heavy (non-hydrogen) atoms. The lowest BCUT2D eigenvalue weighted by molar-refractivity contribution is 0.0942. The Morgan fingerprint density at radius 2 is 2.00 bits per heavy atom. The summed E-state index contributed by atoms with van der Waals surface area (Å²) in [7, 11) is 0. The minimum atomic E-state index is -0.1000. The second-order valence-corrected chi connectivity index (χ2v) is 7.61. The fourth-order valence-corrected chi connectivity index (χ4v) is 3.87. The van der Waals surface area contributed by atoms with Crippen molar-refractivity contribution in [3.63, 3.8) is 0 Å². The molecule has 0 aliphatic heterocycles. The molecule has 0 fully saturated rings. The van der Waals surface area contributed by atoms with Gasteiger partial charge in [0, 0.05) is 18.3 Å². The molecule has 142 valence electrons. The molecule has 1 atom stereocenters. The first kappa shape index (κ1) is 19.2. The number of hydrogen-bond donors (Lipinski definition) is 1. The molecule has 1 N–H and O–H groups in total. The summed E-state index contributed by atoms with van der Waals surface area (Å²) >= 11 is 1.43. The van der Waals surface area contributed by atoms with Gasteiger partial charge in [0.2, 0.25) is 0 Å². The van der Waals surface area contributed by atoms with Crippen LogP contribution < -0.4 is 10.1 Å². The zero-order valence-electron chi connectivity index (χ0n) is 16.2. The number of nitrogens with zero attached hydrogens (tertiary/aromatic N) is 2. The lowest BCUT2D eigenvalue weighted by Crippen LogP contribution is -2.27. The third-order valence-corrected chi connectivity index (χ3v) is 5.30. The van der Waals surface area contributed by atoms with Crippen LogP contribution >= 0.6 is 11.3 Å². The second kappa shape index (κ2) is 8.39. The van der Waals surface area contributed by atoms with Gasteiger partial charge in [-0.15, -0.1) is 11.3 Å². The molecule has 1 amide bonds. The van der Waals surface area contributed by atoms with Gasteiger partial charge in [0.05, 0.1) is 16.6 Å². The molecule has 0 saturated heterocycles. The van der Waals surface area contributed by atoms with E-state index in [9.17, 15) is 4.79 Å². The number of rotatable bonds is 7. The van der Waals surface area contributed by atoms with Crippen LogP contribution in [0.5, 0.6) is 5.75 Å². The van der Waals surface area contributed by atoms with E-state index in [0.717, 1.165) is 23.6 Å². The lowest BCUT2D eigenvalue weighted by atomic mass is 10.1. The fraction of sp³-hybridized carbons (Fsp3) is 0.333. The summed E-state index contributed by atoms with van der Waals surface area (Å²) in [6.45, 7) is 9.34. The summed E-state index contributed by atoms with van der Waals surface area (Å²) in [5, 5.41) is 9.27. The van der Waals surface area contributed by atoms with E-state index in [1.165, 1.54) is 22.5 Å². The number of nitrogens with one attached hydrogen (secondary N) is 1. The molecule has 5 nitrogen and oxygen atoms in total. The molecule has 6 heteroatoms. The number of aromatic nitrogens is 2. The Morgan fingerprint density at radius 1 is 1.26 bits per heavy atom. The maximum Gasteiger partial charge on any atom is 0.261 e. The van der Waals surface area contributed by atoms with E-state index in [2.05, 4.69) is 30.3 Å². The average molecular weight is 384 g/mol. The first-order chi connectivity index (χ1) is 13.0. The van der Waals surface area contributed by atoms with E-state index < -0.39 is 0 Å². The summed E-state index contributed by atoms with van der Waals surface area (Å²) < 4.78 is 7.77. The van der Waals surface area contributed by atoms with E-state index >= 15 is 0 Å². The van der Waals surface area contributed by atoms with Crippen molar-refractivity contribution in [2.45, 2.75) is 46.9 Å². The van der Waals surface area contributed by atoms with E-state index in [1.807, 2.05) is 48.2 Å². The molecule has 3 aromatic rings. The predicted octanol–water partition coefficient (Wildman–Crippen LogP) is 4.65. The summed E-state index contributed by atoms with van der Waals surface area (Å²) in [5.41, 5.74) is 4.35. The van der Waals surface area contributed by atoms with Gasteiger partial charge in [-0.3, -0.25) is 9.48 Å². The number of hydrogen-bond acceptors (Lipinski definition) is 4. The Hall–Kier alpha value is -2.60. The van der Waals surface area contributed by atoms with Crippen LogP contribution in [-0.4, -0.2) is 15.7 Å². The van der Waals surface area contributed by atoms with E-state index in [1.54, 1.807) is 6.20 Å². The highest BCUT2D eigenvalue weighted by atomic mass is 32.1. The molecule has 0 bridgehead atoms. The Labute approximate surface area is 164 Å². The Balaban J connectivity index is 1.60. The van der Waals surface area contributed by atoms with Crippen molar-refractivity contribution in [1.82, 2.24) is 15.1 Å². The number of thiophene rings is 1. The Morgan fingerprint density at radius 3 is 2.70 bits per heavy atom. The zero-order chi connectivity index (χ0) is 19.4. The highest BCUT2D eigenvalue weighted by molar-refractivity contribution is 7.12. The third kappa shape index (κ3) is 4.77. The van der Waals surface area contributed by atoms with Gasteiger partial charge in [-0.1, -0.05) is 6.07 Å². The maximum absolute atomic E-state index is 12.6. The molecule has 0 aliphatic carbocycles. The normalized spacial score (nSPS) is 12.0. The molecule has 0 aliphatic rings. The molecule has 0 saturated carbocycles. The van der Waals surface area contributed by atoms with Crippen molar-refractivity contribution in [3.8, 4) is 5.75 Å². The van der Waals surface area contributed by atoms with E-state index in [0.29, 0.717) is 11.5 Å². The van der Waals surface area contributed by atoms with Crippen molar-refractivity contribution >= 4 is 17.2 Å². The average Bonchev–Trinajstić information content (AvgIpc) is 3.28. The van der Waals surface area contributed by atoms with Gasteiger partial charge in [-0.05, 0) is 68.5 Å². The Bertz CT molecular complexity index is 909. The van der Waals surface area contributed by atoms with Gasteiger partial charge in [0.15, 0.2) is 0 Å². The largest absolute Gasteiger partial charge is 0.489 e. The number of carbonyl (C=O) groups excluding carboxylic acids is 1. The number of ether oxygens (including phenoxy) is 1. The van der Waals surface area contributed by atoms with Gasteiger partial charge in [-0.25, -0.2) is 0 Å². The standard InChI is InChI=1S/C21H25N3O2S/c1-5-24-19(6-7-22-24)16(4)23-21(25)20-11-17(13-27-20)12-26-18-9-14(2)8-15(3)10-18/h6-11,13,16H,5,12H2,1-4H3,(H,23,25). The van der Waals surface area contributed by atoms with Gasteiger partial charge < -0.3 is 10.1 Å². The van der Waals surface area contributed by atoms with Crippen LogP contribution in [0.25, 0.3) is 0 Å². The van der Waals surface area contributed by atoms with Crippen molar-refractivity contribution in [2.24, 2.45) is 0 Å². The smallest absolute Gasteiger partial charge is 0.261 e. The summed E-state index contributed by atoms with van der Waals surface area (Å²) in [5.74, 6) is 0.778. The van der Waals surface area contributed by atoms with Crippen LogP contribution in [0.1, 0.15) is 51.9 Å². The van der Waals surface area contributed by atoms with Crippen LogP contribution in [0.2, 0.25) is 0 Å². The first-order valence-corrected chi connectivity index (χ1v) is 9.95. The highest BCUT2D eigenvalue weighted by Gasteiger charge is 2.16. The molecule has 3 rings (SSSR count). The minimum absolute atomic E-state index is 0.0750. The third-order valence-electron chi connectivity index (χ3n) is 4.32. The Kier molecular flexibility index (Phi) is 5.96. The van der Waals surface area contributed by atoms with Crippen LogP contribution in [0.3, 0.4) is 0 Å². The SMILES string of the molecule is CCn1nccc1C(C)NC(=O)c1cc(COc2cc(C)cc(C)c2)cs1.